The van der Waals surface area contributed by atoms with Crippen LogP contribution < -0.4 is 5.32 Å². The minimum absolute atomic E-state index is 0.117. The van der Waals surface area contributed by atoms with Gasteiger partial charge in [-0.05, 0) is 13.8 Å². The maximum atomic E-state index is 12.2. The van der Waals surface area contributed by atoms with Crippen LogP contribution in [-0.4, -0.2) is 53.3 Å². The van der Waals surface area contributed by atoms with Crippen LogP contribution in [0.25, 0.3) is 0 Å². The van der Waals surface area contributed by atoms with Crippen LogP contribution >= 0.6 is 0 Å². The lowest BCUT2D eigenvalue weighted by Gasteiger charge is -2.27. The molecule has 1 saturated heterocycles. The maximum absolute atomic E-state index is 12.2. The first-order valence-corrected chi connectivity index (χ1v) is 6.66. The smallest absolute Gasteiger partial charge is 0.318 e. The molecule has 0 aliphatic carbocycles. The van der Waals surface area contributed by atoms with Gasteiger partial charge in [0.05, 0.1) is 25.5 Å². The Balaban J connectivity index is 1.97. The SMILES string of the molecule is Cc1cnc(C(C)NC(=O)N(C)C2COCC2C(=O)O)o1. The molecule has 1 aromatic rings. The highest BCUT2D eigenvalue weighted by Crippen LogP contribution is 2.20. The Morgan fingerprint density at radius 2 is 2.24 bits per heavy atom. The summed E-state index contributed by atoms with van der Waals surface area (Å²) in [5.74, 6) is -0.602. The van der Waals surface area contributed by atoms with Crippen LogP contribution in [-0.2, 0) is 9.53 Å². The lowest BCUT2D eigenvalue weighted by molar-refractivity contribution is -0.142. The van der Waals surface area contributed by atoms with E-state index in [4.69, 9.17) is 14.3 Å². The predicted octanol–water partition coefficient (Wildman–Crippen LogP) is 0.785. The third kappa shape index (κ3) is 3.33. The first kappa shape index (κ1) is 15.3. The maximum Gasteiger partial charge on any atom is 0.318 e. The van der Waals surface area contributed by atoms with Gasteiger partial charge in [0.25, 0.3) is 0 Å². The van der Waals surface area contributed by atoms with Crippen molar-refractivity contribution in [1.82, 2.24) is 15.2 Å². The van der Waals surface area contributed by atoms with E-state index in [-0.39, 0.29) is 19.2 Å². The first-order valence-electron chi connectivity index (χ1n) is 6.66. The van der Waals surface area contributed by atoms with Crippen molar-refractivity contribution in [2.45, 2.75) is 25.9 Å². The van der Waals surface area contributed by atoms with Gasteiger partial charge < -0.3 is 24.5 Å². The highest BCUT2D eigenvalue weighted by Gasteiger charge is 2.38. The third-order valence-electron chi connectivity index (χ3n) is 3.54. The number of carbonyl (C=O) groups is 2. The van der Waals surface area contributed by atoms with Crippen molar-refractivity contribution in [2.24, 2.45) is 5.92 Å². The zero-order valence-corrected chi connectivity index (χ0v) is 12.2. The van der Waals surface area contributed by atoms with Gasteiger partial charge in [0, 0.05) is 7.05 Å². The summed E-state index contributed by atoms with van der Waals surface area (Å²) in [6.07, 6.45) is 1.58. The Labute approximate surface area is 122 Å². The van der Waals surface area contributed by atoms with Gasteiger partial charge in [-0.1, -0.05) is 0 Å². The Hall–Kier alpha value is -2.09. The topological polar surface area (TPSA) is 105 Å². The number of ether oxygens (including phenoxy) is 1. The molecule has 0 aromatic carbocycles. The van der Waals surface area contributed by atoms with Crippen LogP contribution in [0, 0.1) is 12.8 Å². The summed E-state index contributed by atoms with van der Waals surface area (Å²) in [6, 6.07) is -1.28. The van der Waals surface area contributed by atoms with Crippen molar-refractivity contribution in [2.75, 3.05) is 20.3 Å². The number of nitrogens with zero attached hydrogens (tertiary/aromatic N) is 2. The van der Waals surface area contributed by atoms with Crippen molar-refractivity contribution in [1.29, 1.82) is 0 Å². The Kier molecular flexibility index (Phi) is 4.46. The van der Waals surface area contributed by atoms with E-state index < -0.39 is 24.0 Å². The number of carboxylic acids is 1. The number of carboxylic acid groups (broad SMARTS) is 1. The van der Waals surface area contributed by atoms with Crippen LogP contribution in [0.3, 0.4) is 0 Å². The van der Waals surface area contributed by atoms with E-state index in [0.717, 1.165) is 0 Å². The summed E-state index contributed by atoms with van der Waals surface area (Å²) in [5, 5.41) is 11.8. The van der Waals surface area contributed by atoms with Gasteiger partial charge in [0.2, 0.25) is 5.89 Å². The Bertz CT molecular complexity index is 530. The molecule has 0 bridgehead atoms. The molecule has 21 heavy (non-hydrogen) atoms. The second-order valence-corrected chi connectivity index (χ2v) is 5.14. The van der Waals surface area contributed by atoms with Gasteiger partial charge in [0.15, 0.2) is 0 Å². The van der Waals surface area contributed by atoms with Crippen molar-refractivity contribution in [3.8, 4) is 0 Å². The number of oxazole rings is 1. The van der Waals surface area contributed by atoms with Crippen molar-refractivity contribution >= 4 is 12.0 Å². The minimum Gasteiger partial charge on any atom is -0.481 e. The number of aromatic nitrogens is 1. The molecule has 3 unspecified atom stereocenters. The fourth-order valence-electron chi connectivity index (χ4n) is 2.23. The fraction of sp³-hybridized carbons (Fsp3) is 0.615. The molecule has 116 valence electrons. The largest absolute Gasteiger partial charge is 0.481 e. The highest BCUT2D eigenvalue weighted by molar-refractivity contribution is 5.77. The van der Waals surface area contributed by atoms with Crippen LogP contribution in [0.5, 0.6) is 0 Å². The molecule has 1 aliphatic heterocycles. The lowest BCUT2D eigenvalue weighted by atomic mass is 10.0. The van der Waals surface area contributed by atoms with Gasteiger partial charge in [-0.3, -0.25) is 4.79 Å². The molecule has 1 aromatic heterocycles. The lowest BCUT2D eigenvalue weighted by Crippen LogP contribution is -2.48. The molecule has 8 heteroatoms. The number of carbonyl (C=O) groups excluding carboxylic acids is 1. The van der Waals surface area contributed by atoms with Crippen LogP contribution in [0.1, 0.15) is 24.6 Å². The first-order chi connectivity index (χ1) is 9.90. The Morgan fingerprint density at radius 1 is 1.52 bits per heavy atom. The van der Waals surface area contributed by atoms with E-state index in [1.165, 1.54) is 4.90 Å². The van der Waals surface area contributed by atoms with Gasteiger partial charge in [-0.2, -0.15) is 0 Å². The molecule has 0 saturated carbocycles. The molecule has 2 rings (SSSR count). The summed E-state index contributed by atoms with van der Waals surface area (Å²) in [4.78, 5) is 28.7. The molecule has 1 fully saturated rings. The molecule has 2 heterocycles. The van der Waals surface area contributed by atoms with E-state index in [1.807, 2.05) is 0 Å². The molecule has 0 radical (unpaired) electrons. The van der Waals surface area contributed by atoms with Gasteiger partial charge in [0.1, 0.15) is 17.7 Å². The summed E-state index contributed by atoms with van der Waals surface area (Å²) < 4.78 is 10.5. The molecule has 0 spiro atoms. The molecule has 2 amide bonds. The standard InChI is InChI=1S/C13H19N3O5/c1-7-4-14-11(21-7)8(2)15-13(19)16(3)10-6-20-5-9(10)12(17)18/h4,8-10H,5-6H2,1-3H3,(H,15,19)(H,17,18). The number of nitrogens with one attached hydrogen (secondary N) is 1. The van der Waals surface area contributed by atoms with Crippen molar-refractivity contribution in [3.05, 3.63) is 17.8 Å². The molecule has 8 nitrogen and oxygen atoms in total. The summed E-state index contributed by atoms with van der Waals surface area (Å²) in [7, 11) is 1.55. The zero-order valence-electron chi connectivity index (χ0n) is 12.2. The normalized spacial score (nSPS) is 22.8. The molecule has 2 N–H and O–H groups in total. The molecular formula is C13H19N3O5. The summed E-state index contributed by atoms with van der Waals surface area (Å²) in [5.41, 5.74) is 0. The third-order valence-corrected chi connectivity index (χ3v) is 3.54. The molecular weight excluding hydrogens is 278 g/mol. The van der Waals surface area contributed by atoms with Crippen molar-refractivity contribution < 1.29 is 23.8 Å². The molecule has 1 aliphatic rings. The number of likely N-dealkylation sites (N-methyl/N-ethyl adjacent to an activating group) is 1. The summed E-state index contributed by atoms with van der Waals surface area (Å²) >= 11 is 0. The predicted molar refractivity (Wildman–Crippen MR) is 71.7 cm³/mol. The summed E-state index contributed by atoms with van der Waals surface area (Å²) in [6.45, 7) is 3.85. The second kappa shape index (κ2) is 6.13. The second-order valence-electron chi connectivity index (χ2n) is 5.14. The van der Waals surface area contributed by atoms with E-state index in [2.05, 4.69) is 10.3 Å². The van der Waals surface area contributed by atoms with Crippen LogP contribution in [0.2, 0.25) is 0 Å². The van der Waals surface area contributed by atoms with Crippen LogP contribution in [0.4, 0.5) is 4.79 Å². The Morgan fingerprint density at radius 3 is 2.81 bits per heavy atom. The van der Waals surface area contributed by atoms with Gasteiger partial charge in [-0.15, -0.1) is 0 Å². The molecule has 3 atom stereocenters. The van der Waals surface area contributed by atoms with Crippen molar-refractivity contribution in [3.63, 3.8) is 0 Å². The van der Waals surface area contributed by atoms with E-state index >= 15 is 0 Å². The number of hydrogen-bond acceptors (Lipinski definition) is 5. The average Bonchev–Trinajstić information content (AvgIpc) is 3.05. The monoisotopic (exact) mass is 297 g/mol. The van der Waals surface area contributed by atoms with Gasteiger partial charge >= 0.3 is 12.0 Å². The zero-order chi connectivity index (χ0) is 15.6. The van der Waals surface area contributed by atoms with E-state index in [9.17, 15) is 9.59 Å². The number of hydrogen-bond donors (Lipinski definition) is 2. The van der Waals surface area contributed by atoms with E-state index in [0.29, 0.717) is 11.7 Å². The fourth-order valence-corrected chi connectivity index (χ4v) is 2.23. The quantitative estimate of drug-likeness (QED) is 0.851. The highest BCUT2D eigenvalue weighted by atomic mass is 16.5. The van der Waals surface area contributed by atoms with Crippen LogP contribution in [0.15, 0.2) is 10.6 Å². The van der Waals surface area contributed by atoms with E-state index in [1.54, 1.807) is 27.1 Å². The number of amides is 2. The number of urea groups is 1. The van der Waals surface area contributed by atoms with Gasteiger partial charge in [-0.25, -0.2) is 9.78 Å². The minimum atomic E-state index is -0.964. The number of aliphatic carboxylic acids is 1. The number of aryl methyl sites for hydroxylation is 1. The average molecular weight is 297 g/mol. The number of rotatable bonds is 4.